The number of esters is 1. The van der Waals surface area contributed by atoms with Crippen LogP contribution >= 0.6 is 0 Å². The van der Waals surface area contributed by atoms with Crippen molar-refractivity contribution >= 4 is 12.0 Å². The van der Waals surface area contributed by atoms with Gasteiger partial charge < -0.3 is 9.47 Å². The summed E-state index contributed by atoms with van der Waals surface area (Å²) in [6, 6.07) is 24.0. The second kappa shape index (κ2) is 8.50. The molecule has 0 aromatic heterocycles. The highest BCUT2D eigenvalue weighted by Gasteiger charge is 2.03. The van der Waals surface area contributed by atoms with Crippen LogP contribution in [0.15, 0.2) is 78.9 Å². The fourth-order valence-corrected chi connectivity index (χ4v) is 2.51. The fraction of sp³-hybridized carbons (Fsp3) is 0.0435. The molecule has 3 aromatic carbocycles. The van der Waals surface area contributed by atoms with E-state index in [0.717, 1.165) is 22.4 Å². The Morgan fingerprint density at radius 1 is 0.926 bits per heavy atom. The summed E-state index contributed by atoms with van der Waals surface area (Å²) in [5.74, 6) is 0.737. The van der Waals surface area contributed by atoms with Crippen molar-refractivity contribution in [2.45, 2.75) is 0 Å². The zero-order chi connectivity index (χ0) is 19.1. The van der Waals surface area contributed by atoms with Crippen LogP contribution in [0.4, 0.5) is 0 Å². The monoisotopic (exact) mass is 355 g/mol. The van der Waals surface area contributed by atoms with Crippen LogP contribution in [-0.4, -0.2) is 13.1 Å². The summed E-state index contributed by atoms with van der Waals surface area (Å²) >= 11 is 0. The van der Waals surface area contributed by atoms with E-state index in [1.165, 1.54) is 6.08 Å². The molecular weight excluding hydrogens is 338 g/mol. The molecule has 0 saturated carbocycles. The summed E-state index contributed by atoms with van der Waals surface area (Å²) in [6.07, 6.45) is 3.05. The quantitative estimate of drug-likeness (QED) is 0.373. The van der Waals surface area contributed by atoms with Crippen LogP contribution in [0.3, 0.4) is 0 Å². The number of carbonyl (C=O) groups excluding carboxylic acids is 1. The normalized spacial score (nSPS) is 10.4. The minimum Gasteiger partial charge on any atom is -0.497 e. The Bertz CT molecular complexity index is 997. The van der Waals surface area contributed by atoms with Crippen LogP contribution in [0.2, 0.25) is 0 Å². The van der Waals surface area contributed by atoms with Gasteiger partial charge in [-0.25, -0.2) is 4.79 Å². The molecule has 132 valence electrons. The Kier molecular flexibility index (Phi) is 5.66. The summed E-state index contributed by atoms with van der Waals surface area (Å²) in [5, 5.41) is 8.85. The lowest BCUT2D eigenvalue weighted by molar-refractivity contribution is -0.128. The van der Waals surface area contributed by atoms with Crippen LogP contribution in [0.5, 0.6) is 11.5 Å². The Hall–Kier alpha value is -3.84. The lowest BCUT2D eigenvalue weighted by atomic mass is 10.0. The van der Waals surface area contributed by atoms with E-state index in [4.69, 9.17) is 14.7 Å². The second-order valence-electron chi connectivity index (χ2n) is 5.74. The van der Waals surface area contributed by atoms with Gasteiger partial charge in [0.1, 0.15) is 11.5 Å². The minimum atomic E-state index is -0.455. The van der Waals surface area contributed by atoms with E-state index in [2.05, 4.69) is 6.07 Å². The molecule has 3 rings (SSSR count). The fourth-order valence-electron chi connectivity index (χ4n) is 2.51. The molecule has 0 saturated heterocycles. The Balaban J connectivity index is 1.64. The van der Waals surface area contributed by atoms with E-state index in [0.29, 0.717) is 11.3 Å². The predicted molar refractivity (Wildman–Crippen MR) is 104 cm³/mol. The summed E-state index contributed by atoms with van der Waals surface area (Å²) in [7, 11) is 1.60. The number of methoxy groups -OCH3 is 1. The molecule has 0 spiro atoms. The van der Waals surface area contributed by atoms with Gasteiger partial charge in [0, 0.05) is 6.08 Å². The number of nitriles is 1. The Morgan fingerprint density at radius 3 is 2.22 bits per heavy atom. The first-order valence-corrected chi connectivity index (χ1v) is 8.32. The smallest absolute Gasteiger partial charge is 0.336 e. The number of rotatable bonds is 5. The molecule has 0 aliphatic heterocycles. The van der Waals surface area contributed by atoms with Crippen LogP contribution in [0, 0.1) is 11.3 Å². The van der Waals surface area contributed by atoms with Crippen LogP contribution in [0.1, 0.15) is 11.1 Å². The van der Waals surface area contributed by atoms with Crippen molar-refractivity contribution in [2.24, 2.45) is 0 Å². The Morgan fingerprint density at radius 2 is 1.59 bits per heavy atom. The third-order valence-electron chi connectivity index (χ3n) is 3.93. The van der Waals surface area contributed by atoms with Crippen molar-refractivity contribution in [1.29, 1.82) is 5.26 Å². The Labute approximate surface area is 157 Å². The predicted octanol–water partition coefficient (Wildman–Crippen LogP) is 4.85. The van der Waals surface area contributed by atoms with Gasteiger partial charge in [0.25, 0.3) is 0 Å². The van der Waals surface area contributed by atoms with E-state index in [1.54, 1.807) is 37.5 Å². The molecule has 0 amide bonds. The summed E-state index contributed by atoms with van der Waals surface area (Å²) < 4.78 is 10.5. The molecule has 0 heterocycles. The first-order chi connectivity index (χ1) is 13.2. The summed E-state index contributed by atoms with van der Waals surface area (Å²) in [6.45, 7) is 0. The molecule has 4 heteroatoms. The van der Waals surface area contributed by atoms with E-state index in [-0.39, 0.29) is 0 Å². The maximum atomic E-state index is 12.0. The number of benzene rings is 3. The third kappa shape index (κ3) is 4.83. The molecule has 4 nitrogen and oxygen atoms in total. The maximum Gasteiger partial charge on any atom is 0.336 e. The van der Waals surface area contributed by atoms with Crippen molar-refractivity contribution in [3.8, 4) is 28.7 Å². The van der Waals surface area contributed by atoms with E-state index in [1.807, 2.05) is 48.5 Å². The standard InChI is InChI=1S/C23H17NO3/c1-26-22-4-2-3-17(15-22)7-14-23(25)27-21-12-10-20(11-13-21)19-8-5-18(16-24)6-9-19/h2-15H,1H3/b14-7+. The van der Waals surface area contributed by atoms with Crippen molar-refractivity contribution in [3.63, 3.8) is 0 Å². The van der Waals surface area contributed by atoms with Gasteiger partial charge in [-0.3, -0.25) is 0 Å². The second-order valence-corrected chi connectivity index (χ2v) is 5.74. The highest BCUT2D eigenvalue weighted by Crippen LogP contribution is 2.23. The zero-order valence-electron chi connectivity index (χ0n) is 14.8. The van der Waals surface area contributed by atoms with Crippen LogP contribution < -0.4 is 9.47 Å². The number of nitrogens with zero attached hydrogens (tertiary/aromatic N) is 1. The largest absolute Gasteiger partial charge is 0.497 e. The average Bonchev–Trinajstić information content (AvgIpc) is 2.73. The van der Waals surface area contributed by atoms with Crippen molar-refractivity contribution in [2.75, 3.05) is 7.11 Å². The average molecular weight is 355 g/mol. The number of hydrogen-bond acceptors (Lipinski definition) is 4. The highest BCUT2D eigenvalue weighted by molar-refractivity contribution is 5.88. The maximum absolute atomic E-state index is 12.0. The highest BCUT2D eigenvalue weighted by atomic mass is 16.5. The van der Waals surface area contributed by atoms with Gasteiger partial charge in [-0.05, 0) is 59.2 Å². The number of ether oxygens (including phenoxy) is 2. The summed E-state index contributed by atoms with van der Waals surface area (Å²) in [5.41, 5.74) is 3.44. The van der Waals surface area contributed by atoms with Gasteiger partial charge in [0.05, 0.1) is 18.7 Å². The van der Waals surface area contributed by atoms with E-state index in [9.17, 15) is 4.79 Å². The summed E-state index contributed by atoms with van der Waals surface area (Å²) in [4.78, 5) is 12.0. The molecule has 0 bridgehead atoms. The molecule has 0 atom stereocenters. The van der Waals surface area contributed by atoms with Gasteiger partial charge in [-0.2, -0.15) is 5.26 Å². The lowest BCUT2D eigenvalue weighted by Crippen LogP contribution is -2.03. The first-order valence-electron chi connectivity index (χ1n) is 8.32. The van der Waals surface area contributed by atoms with Crippen molar-refractivity contribution in [1.82, 2.24) is 0 Å². The van der Waals surface area contributed by atoms with Gasteiger partial charge in [-0.1, -0.05) is 36.4 Å². The molecule has 3 aromatic rings. The van der Waals surface area contributed by atoms with Crippen LogP contribution in [0.25, 0.3) is 17.2 Å². The molecular formula is C23H17NO3. The van der Waals surface area contributed by atoms with Gasteiger partial charge in [0.15, 0.2) is 0 Å². The van der Waals surface area contributed by atoms with E-state index >= 15 is 0 Å². The van der Waals surface area contributed by atoms with Gasteiger partial charge >= 0.3 is 5.97 Å². The molecule has 0 radical (unpaired) electrons. The lowest BCUT2D eigenvalue weighted by Gasteiger charge is -2.05. The topological polar surface area (TPSA) is 59.3 Å². The molecule has 0 aliphatic rings. The van der Waals surface area contributed by atoms with Crippen LogP contribution in [-0.2, 0) is 4.79 Å². The van der Waals surface area contributed by atoms with Gasteiger partial charge in [0.2, 0.25) is 0 Å². The molecule has 27 heavy (non-hydrogen) atoms. The van der Waals surface area contributed by atoms with Gasteiger partial charge in [-0.15, -0.1) is 0 Å². The number of hydrogen-bond donors (Lipinski definition) is 0. The third-order valence-corrected chi connectivity index (χ3v) is 3.93. The zero-order valence-corrected chi connectivity index (χ0v) is 14.8. The van der Waals surface area contributed by atoms with E-state index < -0.39 is 5.97 Å². The van der Waals surface area contributed by atoms with Crippen molar-refractivity contribution < 1.29 is 14.3 Å². The molecule has 0 unspecified atom stereocenters. The van der Waals surface area contributed by atoms with Crippen molar-refractivity contribution in [3.05, 3.63) is 90.0 Å². The molecule has 0 N–H and O–H groups in total. The molecule has 0 fully saturated rings. The number of carbonyl (C=O) groups is 1. The SMILES string of the molecule is COc1cccc(/C=C/C(=O)Oc2ccc(-c3ccc(C#N)cc3)cc2)c1. The minimum absolute atomic E-state index is 0.455. The molecule has 0 aliphatic carbocycles. The first kappa shape index (κ1) is 18.0.